The quantitative estimate of drug-likeness (QED) is 0.718. The molecule has 1 aromatic heterocycles. The molecule has 3 rings (SSSR count). The molecule has 0 bridgehead atoms. The van der Waals surface area contributed by atoms with Gasteiger partial charge in [-0.25, -0.2) is 4.68 Å². The maximum absolute atomic E-state index is 12.0. The first-order chi connectivity index (χ1) is 8.75. The number of aryl methyl sites for hydroxylation is 1. The Kier molecular flexibility index (Phi) is 2.74. The lowest BCUT2D eigenvalue weighted by Crippen LogP contribution is -2.04. The predicted octanol–water partition coefficient (Wildman–Crippen LogP) is 3.09. The van der Waals surface area contributed by atoms with Crippen molar-refractivity contribution in [1.82, 2.24) is 9.78 Å². The van der Waals surface area contributed by atoms with Crippen LogP contribution in [0.2, 0.25) is 0 Å². The first-order valence-electron chi connectivity index (χ1n) is 6.43. The highest BCUT2D eigenvalue weighted by atomic mass is 16.1. The van der Waals surface area contributed by atoms with E-state index in [0.29, 0.717) is 6.42 Å². The summed E-state index contributed by atoms with van der Waals surface area (Å²) in [6.07, 6.45) is 5.38. The van der Waals surface area contributed by atoms with Crippen molar-refractivity contribution in [3.05, 3.63) is 47.3 Å². The average Bonchev–Trinajstić information content (AvgIpc) is 2.70. The molecule has 92 valence electrons. The van der Waals surface area contributed by atoms with Gasteiger partial charge in [0, 0.05) is 6.42 Å². The van der Waals surface area contributed by atoms with Gasteiger partial charge in [0.25, 0.3) is 0 Å². The first-order valence-corrected chi connectivity index (χ1v) is 6.43. The Hall–Kier alpha value is -1.90. The molecule has 0 spiro atoms. The standard InChI is InChI=1S/C15H16N2O/c1-11-5-4-6-12(9-11)17-14-7-2-3-8-15(18)13(14)10-16-17/h4-6,9-10H,2-3,7-8H2,1H3. The van der Waals surface area contributed by atoms with Gasteiger partial charge in [-0.2, -0.15) is 5.10 Å². The summed E-state index contributed by atoms with van der Waals surface area (Å²) in [5.74, 6) is 0.237. The van der Waals surface area contributed by atoms with Gasteiger partial charge in [-0.3, -0.25) is 4.79 Å². The third-order valence-electron chi connectivity index (χ3n) is 3.48. The van der Waals surface area contributed by atoms with E-state index >= 15 is 0 Å². The van der Waals surface area contributed by atoms with E-state index in [4.69, 9.17) is 0 Å². The van der Waals surface area contributed by atoms with E-state index in [9.17, 15) is 4.79 Å². The van der Waals surface area contributed by atoms with Crippen LogP contribution in [0.4, 0.5) is 0 Å². The fourth-order valence-corrected chi connectivity index (χ4v) is 2.54. The maximum Gasteiger partial charge on any atom is 0.166 e. The molecule has 0 amide bonds. The molecule has 1 heterocycles. The fraction of sp³-hybridized carbons (Fsp3) is 0.333. The second-order valence-corrected chi connectivity index (χ2v) is 4.89. The van der Waals surface area contributed by atoms with E-state index in [1.54, 1.807) is 6.20 Å². The summed E-state index contributed by atoms with van der Waals surface area (Å²) < 4.78 is 1.92. The Labute approximate surface area is 106 Å². The smallest absolute Gasteiger partial charge is 0.166 e. The molecule has 2 aromatic rings. The molecule has 0 atom stereocenters. The van der Waals surface area contributed by atoms with Crippen LogP contribution < -0.4 is 0 Å². The largest absolute Gasteiger partial charge is 0.294 e. The van der Waals surface area contributed by atoms with Gasteiger partial charge in [0.05, 0.1) is 23.1 Å². The SMILES string of the molecule is Cc1cccc(-n2ncc3c2CCCCC3=O)c1. The molecular formula is C15H16N2O. The van der Waals surface area contributed by atoms with Crippen molar-refractivity contribution in [2.24, 2.45) is 0 Å². The topological polar surface area (TPSA) is 34.9 Å². The van der Waals surface area contributed by atoms with Crippen molar-refractivity contribution in [3.8, 4) is 5.69 Å². The van der Waals surface area contributed by atoms with E-state index in [0.717, 1.165) is 36.2 Å². The van der Waals surface area contributed by atoms with Gasteiger partial charge in [-0.15, -0.1) is 0 Å². The Balaban J connectivity index is 2.11. The van der Waals surface area contributed by atoms with Crippen molar-refractivity contribution in [2.45, 2.75) is 32.6 Å². The van der Waals surface area contributed by atoms with Crippen LogP contribution in [0.25, 0.3) is 5.69 Å². The lowest BCUT2D eigenvalue weighted by Gasteiger charge is -2.07. The number of fused-ring (bicyclic) bond motifs is 1. The highest BCUT2D eigenvalue weighted by molar-refractivity contribution is 5.97. The zero-order valence-electron chi connectivity index (χ0n) is 10.5. The highest BCUT2D eigenvalue weighted by Crippen LogP contribution is 2.23. The third-order valence-corrected chi connectivity index (χ3v) is 3.48. The highest BCUT2D eigenvalue weighted by Gasteiger charge is 2.20. The van der Waals surface area contributed by atoms with Gasteiger partial charge in [-0.05, 0) is 43.9 Å². The van der Waals surface area contributed by atoms with E-state index < -0.39 is 0 Å². The molecule has 18 heavy (non-hydrogen) atoms. The molecule has 0 unspecified atom stereocenters. The summed E-state index contributed by atoms with van der Waals surface area (Å²) in [6.45, 7) is 2.07. The number of carbonyl (C=O) groups excluding carboxylic acids is 1. The molecule has 0 aliphatic heterocycles. The molecular weight excluding hydrogens is 224 g/mol. The van der Waals surface area contributed by atoms with Crippen LogP contribution in [0, 0.1) is 6.92 Å². The number of ketones is 1. The number of Topliss-reactive ketones (excluding diaryl/α,β-unsaturated/α-hetero) is 1. The number of benzene rings is 1. The van der Waals surface area contributed by atoms with Crippen molar-refractivity contribution >= 4 is 5.78 Å². The number of nitrogens with zero attached hydrogens (tertiary/aromatic N) is 2. The minimum Gasteiger partial charge on any atom is -0.294 e. The Morgan fingerprint density at radius 3 is 2.89 bits per heavy atom. The van der Waals surface area contributed by atoms with Crippen molar-refractivity contribution in [1.29, 1.82) is 0 Å². The second kappa shape index (κ2) is 4.41. The Bertz CT molecular complexity index is 598. The number of rotatable bonds is 1. The van der Waals surface area contributed by atoms with Gasteiger partial charge in [0.1, 0.15) is 0 Å². The van der Waals surface area contributed by atoms with Gasteiger partial charge in [-0.1, -0.05) is 12.1 Å². The zero-order valence-corrected chi connectivity index (χ0v) is 10.5. The molecule has 0 saturated heterocycles. The van der Waals surface area contributed by atoms with E-state index in [-0.39, 0.29) is 5.78 Å². The zero-order chi connectivity index (χ0) is 12.5. The lowest BCUT2D eigenvalue weighted by molar-refractivity contribution is 0.0982. The van der Waals surface area contributed by atoms with Crippen LogP contribution in [-0.4, -0.2) is 15.6 Å². The van der Waals surface area contributed by atoms with Crippen molar-refractivity contribution in [2.75, 3.05) is 0 Å². The molecule has 0 radical (unpaired) electrons. The molecule has 0 N–H and O–H groups in total. The van der Waals surface area contributed by atoms with Crippen molar-refractivity contribution in [3.63, 3.8) is 0 Å². The molecule has 0 saturated carbocycles. The Morgan fingerprint density at radius 1 is 1.22 bits per heavy atom. The van der Waals surface area contributed by atoms with Gasteiger partial charge in [0.15, 0.2) is 5.78 Å². The summed E-state index contributed by atoms with van der Waals surface area (Å²) in [6, 6.07) is 8.23. The second-order valence-electron chi connectivity index (χ2n) is 4.89. The predicted molar refractivity (Wildman–Crippen MR) is 70.2 cm³/mol. The van der Waals surface area contributed by atoms with Gasteiger partial charge < -0.3 is 0 Å². The van der Waals surface area contributed by atoms with Crippen LogP contribution in [-0.2, 0) is 6.42 Å². The van der Waals surface area contributed by atoms with Crippen LogP contribution in [0.1, 0.15) is 40.9 Å². The summed E-state index contributed by atoms with van der Waals surface area (Å²) in [5, 5.41) is 4.40. The molecule has 1 aromatic carbocycles. The number of aromatic nitrogens is 2. The molecule has 0 fully saturated rings. The van der Waals surface area contributed by atoms with Crippen molar-refractivity contribution < 1.29 is 4.79 Å². The van der Waals surface area contributed by atoms with E-state index in [1.807, 2.05) is 16.8 Å². The minimum absolute atomic E-state index is 0.237. The van der Waals surface area contributed by atoms with Crippen LogP contribution >= 0.6 is 0 Å². The van der Waals surface area contributed by atoms with Gasteiger partial charge >= 0.3 is 0 Å². The molecule has 1 aliphatic rings. The number of carbonyl (C=O) groups is 1. The number of hydrogen-bond donors (Lipinski definition) is 0. The lowest BCUT2D eigenvalue weighted by atomic mass is 10.1. The molecule has 3 nitrogen and oxygen atoms in total. The van der Waals surface area contributed by atoms with Crippen LogP contribution in [0.3, 0.4) is 0 Å². The van der Waals surface area contributed by atoms with Crippen LogP contribution in [0.15, 0.2) is 30.5 Å². The van der Waals surface area contributed by atoms with E-state index in [1.165, 1.54) is 5.56 Å². The molecule has 3 heteroatoms. The first kappa shape index (κ1) is 11.2. The monoisotopic (exact) mass is 240 g/mol. The van der Waals surface area contributed by atoms with Crippen LogP contribution in [0.5, 0.6) is 0 Å². The normalized spacial score (nSPS) is 15.3. The summed E-state index contributed by atoms with van der Waals surface area (Å²) >= 11 is 0. The third kappa shape index (κ3) is 1.86. The van der Waals surface area contributed by atoms with Gasteiger partial charge in [0.2, 0.25) is 0 Å². The Morgan fingerprint density at radius 2 is 2.06 bits per heavy atom. The number of hydrogen-bond acceptors (Lipinski definition) is 2. The molecule has 1 aliphatic carbocycles. The average molecular weight is 240 g/mol. The fourth-order valence-electron chi connectivity index (χ4n) is 2.54. The minimum atomic E-state index is 0.237. The maximum atomic E-state index is 12.0. The van der Waals surface area contributed by atoms with E-state index in [2.05, 4.69) is 24.2 Å². The summed E-state index contributed by atoms with van der Waals surface area (Å²) in [5.41, 5.74) is 4.14. The summed E-state index contributed by atoms with van der Waals surface area (Å²) in [7, 11) is 0. The summed E-state index contributed by atoms with van der Waals surface area (Å²) in [4.78, 5) is 12.0.